The molecule has 4 nitrogen and oxygen atoms in total. The van der Waals surface area contributed by atoms with Crippen LogP contribution >= 0.6 is 0 Å². The van der Waals surface area contributed by atoms with Crippen LogP contribution < -0.4 is 9.67 Å². The molecular weight excluding hydrogens is 288 g/mol. The maximum absolute atomic E-state index is 10.9. The highest BCUT2D eigenvalue weighted by Crippen LogP contribution is 2.11. The van der Waals surface area contributed by atoms with Crippen LogP contribution in [0.5, 0.6) is 0 Å². The quantitative estimate of drug-likeness (QED) is 0.414. The molecule has 0 N–H and O–H groups in total. The normalized spacial score (nSPS) is 12.5. The zero-order valence-corrected chi connectivity index (χ0v) is 15.2. The number of carboxylic acids is 1. The predicted molar refractivity (Wildman–Crippen MR) is 90.7 cm³/mol. The van der Waals surface area contributed by atoms with Gasteiger partial charge in [0.25, 0.3) is 5.82 Å². The summed E-state index contributed by atoms with van der Waals surface area (Å²) in [5, 5.41) is 10.9. The first-order valence-corrected chi connectivity index (χ1v) is 9.30. The van der Waals surface area contributed by atoms with Gasteiger partial charge in [-0.15, -0.1) is 0 Å². The highest BCUT2D eigenvalue weighted by molar-refractivity contribution is 5.66. The first kappa shape index (κ1) is 19.7. The molecule has 1 atom stereocenters. The van der Waals surface area contributed by atoms with E-state index < -0.39 is 11.9 Å². The van der Waals surface area contributed by atoms with E-state index in [1.807, 2.05) is 19.4 Å². The third-order valence-corrected chi connectivity index (χ3v) is 4.59. The molecule has 0 radical (unpaired) electrons. The van der Waals surface area contributed by atoms with Gasteiger partial charge < -0.3 is 9.90 Å². The van der Waals surface area contributed by atoms with Crippen molar-refractivity contribution in [2.24, 2.45) is 13.0 Å². The summed E-state index contributed by atoms with van der Waals surface area (Å²) in [6.07, 6.45) is 16.9. The van der Waals surface area contributed by atoms with Gasteiger partial charge in [0.15, 0.2) is 0 Å². The lowest BCUT2D eigenvalue weighted by atomic mass is 10.1. The Hall–Kier alpha value is -1.32. The van der Waals surface area contributed by atoms with E-state index in [2.05, 4.69) is 16.1 Å². The molecule has 0 bridgehead atoms. The number of nitrogens with zero attached hydrogens (tertiary/aromatic N) is 2. The summed E-state index contributed by atoms with van der Waals surface area (Å²) in [4.78, 5) is 10.9. The minimum atomic E-state index is -0.977. The number of rotatable bonds is 13. The Balaban J connectivity index is 2.24. The molecule has 1 heterocycles. The lowest BCUT2D eigenvalue weighted by Crippen LogP contribution is -2.35. The minimum Gasteiger partial charge on any atom is -0.550 e. The number of hydrogen-bond acceptors (Lipinski definition) is 2. The van der Waals surface area contributed by atoms with Gasteiger partial charge in [0.05, 0.1) is 13.6 Å². The van der Waals surface area contributed by atoms with Gasteiger partial charge in [0.1, 0.15) is 12.4 Å². The van der Waals surface area contributed by atoms with E-state index in [9.17, 15) is 9.90 Å². The van der Waals surface area contributed by atoms with Gasteiger partial charge in [0, 0.05) is 18.3 Å². The number of carboxylic acid groups (broad SMARTS) is 1. The third kappa shape index (κ3) is 7.67. The Morgan fingerprint density at radius 2 is 1.70 bits per heavy atom. The highest BCUT2D eigenvalue weighted by atomic mass is 16.4. The number of aryl methyl sites for hydroxylation is 1. The highest BCUT2D eigenvalue weighted by Gasteiger charge is 2.16. The van der Waals surface area contributed by atoms with Crippen molar-refractivity contribution < 1.29 is 14.5 Å². The van der Waals surface area contributed by atoms with Crippen LogP contribution in [0.3, 0.4) is 0 Å². The largest absolute Gasteiger partial charge is 0.550 e. The van der Waals surface area contributed by atoms with Gasteiger partial charge >= 0.3 is 0 Å². The molecule has 1 aromatic rings. The van der Waals surface area contributed by atoms with Crippen molar-refractivity contribution in [3.8, 4) is 0 Å². The summed E-state index contributed by atoms with van der Waals surface area (Å²) in [5.74, 6) is -0.222. The first-order chi connectivity index (χ1) is 11.1. The Kier molecular flexibility index (Phi) is 9.65. The molecule has 0 aliphatic rings. The van der Waals surface area contributed by atoms with Gasteiger partial charge in [-0.2, -0.15) is 0 Å². The number of carbonyl (C=O) groups is 1. The van der Waals surface area contributed by atoms with Crippen LogP contribution in [0.2, 0.25) is 0 Å². The Bertz CT molecular complexity index is 454. The molecule has 0 aliphatic carbocycles. The third-order valence-electron chi connectivity index (χ3n) is 4.59. The number of imidazole rings is 1. The van der Waals surface area contributed by atoms with Gasteiger partial charge in [-0.1, -0.05) is 65.2 Å². The van der Waals surface area contributed by atoms with Gasteiger partial charge in [0.2, 0.25) is 0 Å². The molecule has 0 spiro atoms. The summed E-state index contributed by atoms with van der Waals surface area (Å²) in [5.41, 5.74) is 0. The Morgan fingerprint density at radius 3 is 2.26 bits per heavy atom. The molecule has 1 unspecified atom stereocenters. The van der Waals surface area contributed by atoms with Crippen LogP contribution in [0.1, 0.15) is 77.5 Å². The summed E-state index contributed by atoms with van der Waals surface area (Å²) in [6.45, 7) is 4.46. The van der Waals surface area contributed by atoms with Gasteiger partial charge in [-0.25, -0.2) is 9.13 Å². The molecule has 132 valence electrons. The topological polar surface area (TPSA) is 48.9 Å². The van der Waals surface area contributed by atoms with Crippen molar-refractivity contribution in [2.45, 2.75) is 84.6 Å². The number of hydrogen-bond donors (Lipinski definition) is 0. The van der Waals surface area contributed by atoms with Crippen LogP contribution in [0.25, 0.3) is 0 Å². The minimum absolute atomic E-state index is 0.454. The molecule has 1 rings (SSSR count). The van der Waals surface area contributed by atoms with Crippen molar-refractivity contribution >= 4 is 5.97 Å². The molecule has 23 heavy (non-hydrogen) atoms. The van der Waals surface area contributed by atoms with Crippen molar-refractivity contribution in [3.63, 3.8) is 0 Å². The van der Waals surface area contributed by atoms with E-state index in [1.165, 1.54) is 63.6 Å². The fraction of sp³-hybridized carbons (Fsp3) is 0.789. The maximum Gasteiger partial charge on any atom is 0.256 e. The second-order valence-corrected chi connectivity index (χ2v) is 6.78. The lowest BCUT2D eigenvalue weighted by Gasteiger charge is -2.11. The van der Waals surface area contributed by atoms with E-state index >= 15 is 0 Å². The van der Waals surface area contributed by atoms with Crippen molar-refractivity contribution in [1.82, 2.24) is 4.57 Å². The zero-order chi connectivity index (χ0) is 17.1. The Labute approximate surface area is 141 Å². The van der Waals surface area contributed by atoms with Crippen LogP contribution in [-0.2, 0) is 24.8 Å². The van der Waals surface area contributed by atoms with Crippen molar-refractivity contribution in [3.05, 3.63) is 18.2 Å². The summed E-state index contributed by atoms with van der Waals surface area (Å²) >= 11 is 0. The maximum atomic E-state index is 10.9. The van der Waals surface area contributed by atoms with E-state index in [0.717, 1.165) is 6.42 Å². The number of aromatic nitrogens is 2. The first-order valence-electron chi connectivity index (χ1n) is 9.30. The van der Waals surface area contributed by atoms with E-state index in [-0.39, 0.29) is 0 Å². The molecule has 0 aromatic carbocycles. The van der Waals surface area contributed by atoms with Crippen LogP contribution in [0, 0.1) is 5.92 Å². The standard InChI is InChI=1S/C19H34N2O2/c1-4-5-6-7-8-9-10-11-12-13-18-20(3)14-15-21(18)16-17(2)19(22)23/h14-15,17H,4-13,16H2,1-3H3. The fourth-order valence-corrected chi connectivity index (χ4v) is 3.00. The number of aliphatic carboxylic acids is 1. The smallest absolute Gasteiger partial charge is 0.256 e. The van der Waals surface area contributed by atoms with Crippen molar-refractivity contribution in [2.75, 3.05) is 0 Å². The molecule has 4 heteroatoms. The second-order valence-electron chi connectivity index (χ2n) is 6.78. The monoisotopic (exact) mass is 322 g/mol. The van der Waals surface area contributed by atoms with E-state index in [4.69, 9.17) is 0 Å². The molecule has 0 fully saturated rings. The SMILES string of the molecule is CCCCCCCCCCCc1n(CC(C)C(=O)[O-])cc[n+]1C. The number of carbonyl (C=O) groups excluding carboxylic acids is 1. The summed E-state index contributed by atoms with van der Waals surface area (Å²) < 4.78 is 4.16. The van der Waals surface area contributed by atoms with Crippen LogP contribution in [-0.4, -0.2) is 10.5 Å². The van der Waals surface area contributed by atoms with Gasteiger partial charge in [-0.05, 0) is 6.42 Å². The molecule has 0 saturated heterocycles. The second kappa shape index (κ2) is 11.3. The molecule has 0 aliphatic heterocycles. The van der Waals surface area contributed by atoms with Crippen molar-refractivity contribution in [1.29, 1.82) is 0 Å². The summed E-state index contributed by atoms with van der Waals surface area (Å²) in [7, 11) is 2.03. The Morgan fingerprint density at radius 1 is 1.13 bits per heavy atom. The lowest BCUT2D eigenvalue weighted by molar-refractivity contribution is -0.678. The van der Waals surface area contributed by atoms with Crippen LogP contribution in [0.15, 0.2) is 12.4 Å². The molecular formula is C19H34N2O2. The summed E-state index contributed by atoms with van der Waals surface area (Å²) in [6, 6.07) is 0. The van der Waals surface area contributed by atoms with Gasteiger partial charge in [-0.3, -0.25) is 0 Å². The number of unbranched alkanes of at least 4 members (excludes halogenated alkanes) is 8. The van der Waals surface area contributed by atoms with E-state index in [1.54, 1.807) is 6.92 Å². The zero-order valence-electron chi connectivity index (χ0n) is 15.2. The molecule has 0 saturated carbocycles. The average molecular weight is 322 g/mol. The molecule has 0 amide bonds. The average Bonchev–Trinajstić information content (AvgIpc) is 2.86. The van der Waals surface area contributed by atoms with E-state index in [0.29, 0.717) is 6.54 Å². The predicted octanol–water partition coefficient (Wildman–Crippen LogP) is 2.77. The molecule has 1 aromatic heterocycles. The fourth-order valence-electron chi connectivity index (χ4n) is 3.00. The van der Waals surface area contributed by atoms with Crippen LogP contribution in [0.4, 0.5) is 0 Å².